The minimum absolute atomic E-state index is 0.0624. The van der Waals surface area contributed by atoms with E-state index in [4.69, 9.17) is 4.74 Å². The van der Waals surface area contributed by atoms with Crippen LogP contribution >= 0.6 is 15.9 Å². The predicted molar refractivity (Wildman–Crippen MR) is 143 cm³/mol. The molecule has 0 saturated carbocycles. The second-order valence-corrected chi connectivity index (χ2v) is 9.43. The van der Waals surface area contributed by atoms with Crippen molar-refractivity contribution in [2.75, 3.05) is 13.2 Å². The third-order valence-corrected chi connectivity index (χ3v) is 6.24. The molecule has 0 bridgehead atoms. The minimum Gasteiger partial charge on any atom is -0.494 e. The predicted octanol–water partition coefficient (Wildman–Crippen LogP) is 5.69. The third kappa shape index (κ3) is 8.55. The normalized spacial score (nSPS) is 11.5. The highest BCUT2D eigenvalue weighted by molar-refractivity contribution is 9.10. The van der Waals surface area contributed by atoms with Gasteiger partial charge < -0.3 is 15.0 Å². The number of likely N-dealkylation sites (N-methyl/N-ethyl adjacent to an activating group) is 1. The number of hydrogen-bond donors (Lipinski definition) is 1. The molecule has 0 unspecified atom stereocenters. The Labute approximate surface area is 216 Å². The largest absolute Gasteiger partial charge is 0.494 e. The summed E-state index contributed by atoms with van der Waals surface area (Å²) in [5.74, 6) is 0.587. The third-order valence-electron chi connectivity index (χ3n) is 5.71. The van der Waals surface area contributed by atoms with Crippen molar-refractivity contribution in [3.63, 3.8) is 0 Å². The van der Waals surface area contributed by atoms with Gasteiger partial charge in [-0.3, -0.25) is 9.59 Å². The molecule has 5 nitrogen and oxygen atoms in total. The average molecular weight is 537 g/mol. The van der Waals surface area contributed by atoms with Gasteiger partial charge in [0.25, 0.3) is 0 Å². The lowest BCUT2D eigenvalue weighted by molar-refractivity contribution is -0.141. The molecule has 2 amide bonds. The molecule has 35 heavy (non-hydrogen) atoms. The van der Waals surface area contributed by atoms with E-state index in [1.165, 1.54) is 5.56 Å². The maximum absolute atomic E-state index is 13.5. The van der Waals surface area contributed by atoms with Crippen LogP contribution in [0.25, 0.3) is 0 Å². The molecule has 1 atom stereocenters. The van der Waals surface area contributed by atoms with Crippen LogP contribution in [0.1, 0.15) is 36.5 Å². The quantitative estimate of drug-likeness (QED) is 0.302. The molecule has 0 saturated heterocycles. The second-order valence-electron chi connectivity index (χ2n) is 8.51. The number of benzene rings is 3. The molecular formula is C29H33BrN2O3. The Morgan fingerprint density at radius 1 is 0.943 bits per heavy atom. The van der Waals surface area contributed by atoms with Crippen molar-refractivity contribution in [2.45, 2.75) is 45.7 Å². The first kappa shape index (κ1) is 26.5. The van der Waals surface area contributed by atoms with Crippen molar-refractivity contribution in [3.05, 3.63) is 100 Å². The fourth-order valence-corrected chi connectivity index (χ4v) is 4.09. The Balaban J connectivity index is 1.75. The molecule has 0 aromatic heterocycles. The van der Waals surface area contributed by atoms with Crippen molar-refractivity contribution in [1.82, 2.24) is 10.2 Å². The molecular weight excluding hydrogens is 504 g/mol. The smallest absolute Gasteiger partial charge is 0.243 e. The topological polar surface area (TPSA) is 58.6 Å². The van der Waals surface area contributed by atoms with Crippen LogP contribution in [0.4, 0.5) is 0 Å². The van der Waals surface area contributed by atoms with Gasteiger partial charge in [0.05, 0.1) is 6.61 Å². The first-order valence-corrected chi connectivity index (χ1v) is 12.8. The van der Waals surface area contributed by atoms with E-state index in [0.717, 1.165) is 21.3 Å². The number of nitrogens with zero attached hydrogens (tertiary/aromatic N) is 1. The van der Waals surface area contributed by atoms with Crippen LogP contribution < -0.4 is 10.1 Å². The number of halogens is 1. The molecule has 0 heterocycles. The molecule has 3 rings (SSSR count). The molecule has 0 spiro atoms. The van der Waals surface area contributed by atoms with Gasteiger partial charge in [0.2, 0.25) is 11.8 Å². The van der Waals surface area contributed by atoms with Gasteiger partial charge in [-0.1, -0.05) is 76.1 Å². The van der Waals surface area contributed by atoms with Gasteiger partial charge in [-0.05, 0) is 55.7 Å². The van der Waals surface area contributed by atoms with Gasteiger partial charge in [0, 0.05) is 30.4 Å². The van der Waals surface area contributed by atoms with Crippen molar-refractivity contribution < 1.29 is 14.3 Å². The highest BCUT2D eigenvalue weighted by atomic mass is 79.9. The monoisotopic (exact) mass is 536 g/mol. The number of nitrogens with one attached hydrogen (secondary N) is 1. The average Bonchev–Trinajstić information content (AvgIpc) is 2.87. The number of ether oxygens (including phenoxy) is 1. The number of aryl methyl sites for hydroxylation is 1. The van der Waals surface area contributed by atoms with Crippen LogP contribution in [0, 0.1) is 6.92 Å². The van der Waals surface area contributed by atoms with Crippen molar-refractivity contribution in [2.24, 2.45) is 0 Å². The standard InChI is InChI=1S/C29H33BrN2O3/c1-3-31-29(34)27(20-23-8-5-4-6-9-23)32(21-24-13-15-25(30)16-14-24)28(33)10-7-19-35-26-17-11-22(2)12-18-26/h4-6,8-9,11-18,27H,3,7,10,19-21H2,1-2H3,(H,31,34)/t27-/m1/s1. The van der Waals surface area contributed by atoms with E-state index in [1.54, 1.807) is 4.90 Å². The number of rotatable bonds is 12. The van der Waals surface area contributed by atoms with Crippen LogP contribution in [0.5, 0.6) is 5.75 Å². The fourth-order valence-electron chi connectivity index (χ4n) is 3.82. The molecule has 0 fully saturated rings. The first-order valence-electron chi connectivity index (χ1n) is 12.0. The summed E-state index contributed by atoms with van der Waals surface area (Å²) in [5.41, 5.74) is 3.16. The lowest BCUT2D eigenvalue weighted by Crippen LogP contribution is -2.50. The Hall–Kier alpha value is -3.12. The summed E-state index contributed by atoms with van der Waals surface area (Å²) in [6.07, 6.45) is 1.32. The zero-order chi connectivity index (χ0) is 25.0. The molecule has 6 heteroatoms. The van der Waals surface area contributed by atoms with Crippen molar-refractivity contribution >= 4 is 27.7 Å². The molecule has 184 valence electrons. The fraction of sp³-hybridized carbons (Fsp3) is 0.310. The van der Waals surface area contributed by atoms with Crippen LogP contribution in [-0.4, -0.2) is 35.9 Å². The van der Waals surface area contributed by atoms with Crippen LogP contribution in [0.15, 0.2) is 83.3 Å². The molecule has 0 aliphatic heterocycles. The van der Waals surface area contributed by atoms with E-state index < -0.39 is 6.04 Å². The maximum Gasteiger partial charge on any atom is 0.243 e. The van der Waals surface area contributed by atoms with Gasteiger partial charge >= 0.3 is 0 Å². The van der Waals surface area contributed by atoms with Crippen LogP contribution in [-0.2, 0) is 22.6 Å². The Morgan fingerprint density at radius 2 is 1.63 bits per heavy atom. The second kappa shape index (κ2) is 13.7. The van der Waals surface area contributed by atoms with Crippen molar-refractivity contribution in [3.8, 4) is 5.75 Å². The number of amides is 2. The summed E-state index contributed by atoms with van der Waals surface area (Å²) < 4.78 is 6.78. The van der Waals surface area contributed by atoms with E-state index in [9.17, 15) is 9.59 Å². The van der Waals surface area contributed by atoms with Crippen molar-refractivity contribution in [1.29, 1.82) is 0 Å². The van der Waals surface area contributed by atoms with Gasteiger partial charge in [-0.2, -0.15) is 0 Å². The lowest BCUT2D eigenvalue weighted by atomic mass is 10.0. The van der Waals surface area contributed by atoms with Gasteiger partial charge in [-0.25, -0.2) is 0 Å². The van der Waals surface area contributed by atoms with E-state index in [1.807, 2.05) is 92.7 Å². The summed E-state index contributed by atoms with van der Waals surface area (Å²) in [4.78, 5) is 28.4. The lowest BCUT2D eigenvalue weighted by Gasteiger charge is -2.31. The summed E-state index contributed by atoms with van der Waals surface area (Å²) in [7, 11) is 0. The number of carbonyl (C=O) groups is 2. The van der Waals surface area contributed by atoms with Gasteiger partial charge in [-0.15, -0.1) is 0 Å². The summed E-state index contributed by atoms with van der Waals surface area (Å²) in [5, 5.41) is 2.92. The summed E-state index contributed by atoms with van der Waals surface area (Å²) >= 11 is 3.46. The maximum atomic E-state index is 13.5. The van der Waals surface area contributed by atoms with E-state index in [-0.39, 0.29) is 11.8 Å². The highest BCUT2D eigenvalue weighted by Crippen LogP contribution is 2.19. The SMILES string of the molecule is CCNC(=O)[C@@H](Cc1ccccc1)N(Cc1ccc(Br)cc1)C(=O)CCCOc1ccc(C)cc1. The zero-order valence-electron chi connectivity index (χ0n) is 20.4. The van der Waals surface area contributed by atoms with E-state index >= 15 is 0 Å². The summed E-state index contributed by atoms with van der Waals surface area (Å²) in [6.45, 7) is 5.23. The Kier molecular flexibility index (Phi) is 10.4. The molecule has 3 aromatic carbocycles. The Morgan fingerprint density at radius 3 is 2.29 bits per heavy atom. The first-order chi connectivity index (χ1) is 17.0. The molecule has 0 aliphatic carbocycles. The van der Waals surface area contributed by atoms with E-state index in [0.29, 0.717) is 39.0 Å². The zero-order valence-corrected chi connectivity index (χ0v) is 22.0. The molecule has 0 radical (unpaired) electrons. The number of hydrogen-bond acceptors (Lipinski definition) is 3. The minimum atomic E-state index is -0.605. The van der Waals surface area contributed by atoms with Gasteiger partial charge in [0.15, 0.2) is 0 Å². The van der Waals surface area contributed by atoms with Crippen LogP contribution in [0.3, 0.4) is 0 Å². The Bertz CT molecular complexity index is 1070. The van der Waals surface area contributed by atoms with Gasteiger partial charge in [0.1, 0.15) is 11.8 Å². The van der Waals surface area contributed by atoms with Crippen LogP contribution in [0.2, 0.25) is 0 Å². The van der Waals surface area contributed by atoms with E-state index in [2.05, 4.69) is 21.2 Å². The molecule has 1 N–H and O–H groups in total. The molecule has 0 aliphatic rings. The number of carbonyl (C=O) groups excluding carboxylic acids is 2. The summed E-state index contributed by atoms with van der Waals surface area (Å²) in [6, 6.07) is 24.9. The molecule has 3 aromatic rings. The highest BCUT2D eigenvalue weighted by Gasteiger charge is 2.29.